The first-order valence-electron chi connectivity index (χ1n) is 11.7. The Labute approximate surface area is 234 Å². The van der Waals surface area contributed by atoms with Crippen molar-refractivity contribution in [1.82, 2.24) is 14.9 Å². The molecule has 1 heterocycles. The molecule has 9 nitrogen and oxygen atoms in total. The quantitative estimate of drug-likeness (QED) is 0.292. The number of nitrogens with zero attached hydrogens (tertiary/aromatic N) is 1. The van der Waals surface area contributed by atoms with Crippen LogP contribution in [0.3, 0.4) is 0 Å². The summed E-state index contributed by atoms with van der Waals surface area (Å²) in [6, 6.07) is 10.4. The molecule has 0 radical (unpaired) electrons. The van der Waals surface area contributed by atoms with Crippen LogP contribution in [-0.2, 0) is 19.6 Å². The zero-order chi connectivity index (χ0) is 26.1. The second-order valence-corrected chi connectivity index (χ2v) is 11.3. The van der Waals surface area contributed by atoms with Gasteiger partial charge in [0.1, 0.15) is 0 Å². The van der Waals surface area contributed by atoms with Crippen LogP contribution in [0, 0.1) is 6.92 Å². The molecule has 1 saturated heterocycles. The van der Waals surface area contributed by atoms with Crippen LogP contribution in [0.1, 0.15) is 22.3 Å². The predicted octanol–water partition coefficient (Wildman–Crippen LogP) is -2.12. The molecule has 196 valence electrons. The van der Waals surface area contributed by atoms with Crippen LogP contribution in [0.2, 0.25) is 0 Å². The molecular weight excluding hydrogens is 509 g/mol. The first-order chi connectivity index (χ1) is 17.2. The van der Waals surface area contributed by atoms with Crippen LogP contribution in [0.15, 0.2) is 47.4 Å². The number of aliphatic carboxylic acids is 1. The summed E-state index contributed by atoms with van der Waals surface area (Å²) in [7, 11) is -3.84. The number of aryl methyl sites for hydroxylation is 1. The van der Waals surface area contributed by atoms with E-state index in [2.05, 4.69) is 14.9 Å². The van der Waals surface area contributed by atoms with Gasteiger partial charge in [-0.15, -0.1) is 0 Å². The van der Waals surface area contributed by atoms with Crippen LogP contribution in [0.25, 0.3) is 11.1 Å². The van der Waals surface area contributed by atoms with Gasteiger partial charge in [0, 0.05) is 31.7 Å². The Morgan fingerprint density at radius 3 is 2.49 bits per heavy atom. The minimum Gasteiger partial charge on any atom is -0.548 e. The number of carboxylic acid groups (broad SMARTS) is 1. The molecule has 2 aromatic carbocycles. The van der Waals surface area contributed by atoms with Gasteiger partial charge in [0.15, 0.2) is 0 Å². The summed E-state index contributed by atoms with van der Waals surface area (Å²) in [4.78, 5) is 26.8. The van der Waals surface area contributed by atoms with Gasteiger partial charge in [-0.2, -0.15) is 11.8 Å². The standard InChI is InChI=1S/C25H33N3O6S2.Li/c1-18-5-3-4-6-20(18)22-17-19(36(32,33)26-10-11-28-12-14-34-15-13-28)7-8-21(22)24(29)27-23(25(30)31)9-16-35-2;/h3-8,17,23,26H,9-16H2,1-2H3,(H,27,29)(H,30,31);/q;+1/p-1/t23-;/m0./s1. The number of carboxylic acids is 1. The number of sulfonamides is 1. The number of hydrogen-bond donors (Lipinski definition) is 2. The Morgan fingerprint density at radius 2 is 1.84 bits per heavy atom. The second-order valence-electron chi connectivity index (χ2n) is 8.50. The molecule has 1 fully saturated rings. The number of nitrogens with one attached hydrogen (secondary N) is 2. The molecule has 1 aliphatic heterocycles. The molecule has 0 bridgehead atoms. The zero-order valence-corrected chi connectivity index (χ0v) is 23.1. The summed E-state index contributed by atoms with van der Waals surface area (Å²) in [5.41, 5.74) is 2.12. The van der Waals surface area contributed by atoms with E-state index in [9.17, 15) is 23.1 Å². The largest absolute Gasteiger partial charge is 1.00 e. The van der Waals surface area contributed by atoms with Gasteiger partial charge in [0.05, 0.1) is 30.1 Å². The van der Waals surface area contributed by atoms with Gasteiger partial charge >= 0.3 is 18.9 Å². The third-order valence-corrected chi connectivity index (χ3v) is 8.11. The third-order valence-electron chi connectivity index (χ3n) is 6.01. The number of thioether (sulfide) groups is 1. The van der Waals surface area contributed by atoms with Gasteiger partial charge in [0.2, 0.25) is 10.0 Å². The van der Waals surface area contributed by atoms with E-state index >= 15 is 0 Å². The predicted molar refractivity (Wildman–Crippen MR) is 138 cm³/mol. The molecule has 3 rings (SSSR count). The average Bonchev–Trinajstić information content (AvgIpc) is 2.86. The maximum Gasteiger partial charge on any atom is 1.00 e. The number of ether oxygens (including phenoxy) is 1. The van der Waals surface area contributed by atoms with E-state index in [1.54, 1.807) is 12.1 Å². The Bertz CT molecular complexity index is 1170. The first kappa shape index (κ1) is 31.4. The van der Waals surface area contributed by atoms with Crippen molar-refractivity contribution in [3.05, 3.63) is 53.6 Å². The topological polar surface area (TPSA) is 128 Å². The van der Waals surface area contributed by atoms with Gasteiger partial charge in [-0.1, -0.05) is 24.3 Å². The van der Waals surface area contributed by atoms with Crippen molar-refractivity contribution in [2.24, 2.45) is 0 Å². The maximum atomic E-state index is 13.1. The number of carbonyl (C=O) groups excluding carboxylic acids is 2. The summed E-state index contributed by atoms with van der Waals surface area (Å²) in [6.45, 7) is 5.44. The smallest absolute Gasteiger partial charge is 0.548 e. The summed E-state index contributed by atoms with van der Waals surface area (Å²) in [5.74, 6) is -1.43. The first-order valence-corrected chi connectivity index (χ1v) is 14.6. The molecule has 0 aromatic heterocycles. The Balaban J connectivity index is 0.00000481. The minimum absolute atomic E-state index is 0. The molecule has 2 N–H and O–H groups in total. The molecular formula is C25H32LiN3O6S2. The average molecular weight is 542 g/mol. The number of carbonyl (C=O) groups is 2. The van der Waals surface area contributed by atoms with Crippen molar-refractivity contribution in [3.63, 3.8) is 0 Å². The van der Waals surface area contributed by atoms with Crippen LogP contribution < -0.4 is 34.0 Å². The van der Waals surface area contributed by atoms with Gasteiger partial charge in [-0.05, 0) is 60.2 Å². The Morgan fingerprint density at radius 1 is 1.14 bits per heavy atom. The van der Waals surface area contributed by atoms with Crippen molar-refractivity contribution >= 4 is 33.7 Å². The van der Waals surface area contributed by atoms with Crippen LogP contribution in [-0.4, -0.2) is 82.6 Å². The summed E-state index contributed by atoms with van der Waals surface area (Å²) in [6.07, 6.45) is 2.06. The fourth-order valence-corrected chi connectivity index (χ4v) is 5.47. The number of amides is 1. The Hall–Kier alpha value is -1.84. The molecule has 12 heteroatoms. The van der Waals surface area contributed by atoms with Crippen molar-refractivity contribution < 1.29 is 46.7 Å². The van der Waals surface area contributed by atoms with Crippen LogP contribution >= 0.6 is 11.8 Å². The third kappa shape index (κ3) is 8.86. The van der Waals surface area contributed by atoms with Gasteiger partial charge < -0.3 is 20.0 Å². The fraction of sp³-hybridized carbons (Fsp3) is 0.440. The number of benzene rings is 2. The van der Waals surface area contributed by atoms with Crippen molar-refractivity contribution in [3.8, 4) is 11.1 Å². The molecule has 0 unspecified atom stereocenters. The van der Waals surface area contributed by atoms with E-state index in [-0.39, 0.29) is 42.3 Å². The molecule has 0 aliphatic carbocycles. The summed E-state index contributed by atoms with van der Waals surface area (Å²) < 4.78 is 34.1. The summed E-state index contributed by atoms with van der Waals surface area (Å²) >= 11 is 1.47. The molecule has 1 atom stereocenters. The number of rotatable bonds is 12. The van der Waals surface area contributed by atoms with Gasteiger partial charge in [-0.25, -0.2) is 13.1 Å². The molecule has 0 spiro atoms. The summed E-state index contributed by atoms with van der Waals surface area (Å²) in [5, 5.41) is 14.1. The van der Waals surface area contributed by atoms with Crippen molar-refractivity contribution in [2.75, 3.05) is 51.4 Å². The SMILES string of the molecule is CSCC[C@H](NC(=O)c1ccc(S(=O)(=O)NCCN2CCOCC2)cc1-c1ccccc1C)C(=O)[O-].[Li+]. The number of morpholine rings is 1. The monoisotopic (exact) mass is 541 g/mol. The van der Waals surface area contributed by atoms with Gasteiger partial charge in [0.25, 0.3) is 5.91 Å². The van der Waals surface area contributed by atoms with E-state index in [1.807, 2.05) is 25.3 Å². The number of hydrogen-bond acceptors (Lipinski definition) is 8. The normalized spacial score (nSPS) is 15.0. The maximum absolute atomic E-state index is 13.1. The zero-order valence-electron chi connectivity index (χ0n) is 21.5. The Kier molecular flexibility index (Phi) is 12.7. The van der Waals surface area contributed by atoms with Crippen molar-refractivity contribution in [2.45, 2.75) is 24.3 Å². The molecule has 0 saturated carbocycles. The van der Waals surface area contributed by atoms with E-state index in [1.165, 1.54) is 30.0 Å². The second kappa shape index (κ2) is 14.9. The minimum atomic E-state index is -3.84. The molecule has 1 aliphatic rings. The van der Waals surface area contributed by atoms with Gasteiger partial charge in [-0.3, -0.25) is 9.69 Å². The van der Waals surface area contributed by atoms with Crippen LogP contribution in [0.4, 0.5) is 0 Å². The van der Waals surface area contributed by atoms with E-state index < -0.39 is 27.9 Å². The fourth-order valence-electron chi connectivity index (χ4n) is 3.95. The van der Waals surface area contributed by atoms with E-state index in [0.29, 0.717) is 36.6 Å². The molecule has 2 aromatic rings. The molecule has 37 heavy (non-hydrogen) atoms. The van der Waals surface area contributed by atoms with E-state index in [4.69, 9.17) is 4.74 Å². The van der Waals surface area contributed by atoms with E-state index in [0.717, 1.165) is 18.7 Å². The molecule has 1 amide bonds. The van der Waals surface area contributed by atoms with Crippen LogP contribution in [0.5, 0.6) is 0 Å². The van der Waals surface area contributed by atoms with Crippen molar-refractivity contribution in [1.29, 1.82) is 0 Å².